The molecule has 102 valence electrons. The van der Waals surface area contributed by atoms with Gasteiger partial charge in [-0.25, -0.2) is 0 Å². The second-order valence-corrected chi connectivity index (χ2v) is 5.56. The molecule has 1 amide bonds. The molecule has 0 spiro atoms. The van der Waals surface area contributed by atoms with Crippen LogP contribution in [0.15, 0.2) is 24.0 Å². The second-order valence-electron chi connectivity index (χ2n) is 5.56. The predicted molar refractivity (Wildman–Crippen MR) is 70.5 cm³/mol. The highest BCUT2D eigenvalue weighted by molar-refractivity contribution is 5.88. The van der Waals surface area contributed by atoms with Crippen molar-refractivity contribution in [3.05, 3.63) is 29.6 Å². The van der Waals surface area contributed by atoms with Gasteiger partial charge in [-0.1, -0.05) is 5.57 Å². The fourth-order valence-corrected chi connectivity index (χ4v) is 2.65. The van der Waals surface area contributed by atoms with Crippen molar-refractivity contribution in [1.29, 1.82) is 0 Å². The van der Waals surface area contributed by atoms with E-state index in [1.807, 2.05) is 13.1 Å². The monoisotopic (exact) mass is 261 g/mol. The quantitative estimate of drug-likeness (QED) is 0.800. The third kappa shape index (κ3) is 2.42. The van der Waals surface area contributed by atoms with E-state index in [2.05, 4.69) is 10.4 Å². The molecule has 2 fully saturated rings. The molecular weight excluding hydrogens is 242 g/mol. The summed E-state index contributed by atoms with van der Waals surface area (Å²) in [6.45, 7) is 1.96. The Morgan fingerprint density at radius 3 is 2.89 bits per heavy atom. The lowest BCUT2D eigenvalue weighted by atomic mass is 9.83. The van der Waals surface area contributed by atoms with Crippen LogP contribution in [0.3, 0.4) is 0 Å². The van der Waals surface area contributed by atoms with E-state index in [4.69, 9.17) is 0 Å². The first-order valence-corrected chi connectivity index (χ1v) is 6.82. The average Bonchev–Trinajstić information content (AvgIpc) is 2.69. The van der Waals surface area contributed by atoms with Gasteiger partial charge in [0.25, 0.3) is 0 Å². The standard InChI is InChI=1S/C14H19N3O2/c1-9-7-15-17(8-9)14-11(6-12(14)18)16-13(19)5-10-3-2-4-10/h5,7-8,11-12,14,18H,2-4,6H2,1H3,(H,16,19)/t11-,12+,14+/m0/s1. The number of nitrogens with one attached hydrogen (secondary N) is 1. The van der Waals surface area contributed by atoms with Crippen LogP contribution >= 0.6 is 0 Å². The molecule has 3 rings (SSSR count). The molecule has 0 aromatic carbocycles. The van der Waals surface area contributed by atoms with Gasteiger partial charge in [0.05, 0.1) is 24.4 Å². The Morgan fingerprint density at radius 1 is 1.58 bits per heavy atom. The number of hydrogen-bond donors (Lipinski definition) is 2. The van der Waals surface area contributed by atoms with Gasteiger partial charge in [0, 0.05) is 12.3 Å². The molecule has 5 heteroatoms. The summed E-state index contributed by atoms with van der Waals surface area (Å²) in [5.74, 6) is -0.0412. The van der Waals surface area contributed by atoms with Crippen molar-refractivity contribution in [2.24, 2.45) is 0 Å². The van der Waals surface area contributed by atoms with Crippen molar-refractivity contribution >= 4 is 5.91 Å². The van der Waals surface area contributed by atoms with Gasteiger partial charge in [-0.15, -0.1) is 0 Å². The lowest BCUT2D eigenvalue weighted by molar-refractivity contribution is -0.120. The Morgan fingerprint density at radius 2 is 2.37 bits per heavy atom. The van der Waals surface area contributed by atoms with Gasteiger partial charge in [0.1, 0.15) is 0 Å². The molecule has 2 N–H and O–H groups in total. The maximum absolute atomic E-state index is 11.8. The number of amides is 1. The van der Waals surface area contributed by atoms with E-state index in [0.29, 0.717) is 6.42 Å². The van der Waals surface area contributed by atoms with Crippen LogP contribution < -0.4 is 5.32 Å². The van der Waals surface area contributed by atoms with E-state index < -0.39 is 6.10 Å². The Balaban J connectivity index is 1.63. The van der Waals surface area contributed by atoms with Crippen LogP contribution in [0.4, 0.5) is 0 Å². The minimum absolute atomic E-state index is 0.0290. The van der Waals surface area contributed by atoms with Gasteiger partial charge in [0.15, 0.2) is 0 Å². The largest absolute Gasteiger partial charge is 0.391 e. The molecular formula is C14H19N3O2. The van der Waals surface area contributed by atoms with Crippen molar-refractivity contribution in [2.45, 2.75) is 50.8 Å². The first-order valence-electron chi connectivity index (χ1n) is 6.82. The molecule has 0 saturated heterocycles. The number of carbonyl (C=O) groups excluding carboxylic acids is 1. The second kappa shape index (κ2) is 4.81. The Hall–Kier alpha value is -1.62. The summed E-state index contributed by atoms with van der Waals surface area (Å²) in [5.41, 5.74) is 2.28. The molecule has 5 nitrogen and oxygen atoms in total. The summed E-state index contributed by atoms with van der Waals surface area (Å²) >= 11 is 0. The van der Waals surface area contributed by atoms with Gasteiger partial charge in [-0.2, -0.15) is 5.10 Å². The van der Waals surface area contributed by atoms with Gasteiger partial charge in [-0.05, 0) is 38.2 Å². The number of hydrogen-bond acceptors (Lipinski definition) is 3. The maximum atomic E-state index is 11.8. The smallest absolute Gasteiger partial charge is 0.244 e. The highest BCUT2D eigenvalue weighted by Crippen LogP contribution is 2.32. The molecule has 0 radical (unpaired) electrons. The van der Waals surface area contributed by atoms with E-state index in [9.17, 15) is 9.90 Å². The molecule has 3 atom stereocenters. The number of nitrogens with zero attached hydrogens (tertiary/aromatic N) is 2. The molecule has 0 bridgehead atoms. The van der Waals surface area contributed by atoms with E-state index in [1.165, 1.54) is 12.0 Å². The SMILES string of the molecule is Cc1cnn([C@H]2[C@H](O)C[C@@H]2NC(=O)C=C2CCC2)c1. The van der Waals surface area contributed by atoms with Crippen molar-refractivity contribution in [1.82, 2.24) is 15.1 Å². The number of aromatic nitrogens is 2. The number of carbonyl (C=O) groups is 1. The highest BCUT2D eigenvalue weighted by atomic mass is 16.3. The first-order chi connectivity index (χ1) is 9.13. The molecule has 1 heterocycles. The fraction of sp³-hybridized carbons (Fsp3) is 0.571. The van der Waals surface area contributed by atoms with Crippen LogP contribution in [0.2, 0.25) is 0 Å². The minimum Gasteiger partial charge on any atom is -0.391 e. The number of aliphatic hydroxyl groups is 1. The molecule has 19 heavy (non-hydrogen) atoms. The van der Waals surface area contributed by atoms with E-state index in [-0.39, 0.29) is 18.0 Å². The molecule has 2 aliphatic rings. The zero-order chi connectivity index (χ0) is 13.4. The third-order valence-corrected chi connectivity index (χ3v) is 4.00. The molecule has 1 aromatic rings. The van der Waals surface area contributed by atoms with Crippen LogP contribution in [0, 0.1) is 6.92 Å². The van der Waals surface area contributed by atoms with Crippen LogP contribution in [-0.4, -0.2) is 32.9 Å². The molecule has 1 aromatic heterocycles. The topological polar surface area (TPSA) is 67.2 Å². The summed E-state index contributed by atoms with van der Waals surface area (Å²) in [4.78, 5) is 11.8. The van der Waals surface area contributed by atoms with Crippen LogP contribution in [-0.2, 0) is 4.79 Å². The fourth-order valence-electron chi connectivity index (χ4n) is 2.65. The highest BCUT2D eigenvalue weighted by Gasteiger charge is 2.42. The lowest BCUT2D eigenvalue weighted by Crippen LogP contribution is -2.55. The summed E-state index contributed by atoms with van der Waals surface area (Å²) in [5, 5.41) is 17.1. The van der Waals surface area contributed by atoms with Crippen LogP contribution in [0.5, 0.6) is 0 Å². The minimum atomic E-state index is -0.430. The van der Waals surface area contributed by atoms with Gasteiger partial charge in [0.2, 0.25) is 5.91 Å². The van der Waals surface area contributed by atoms with E-state index in [0.717, 1.165) is 18.4 Å². The Labute approximate surface area is 112 Å². The van der Waals surface area contributed by atoms with Crippen molar-refractivity contribution in [3.63, 3.8) is 0 Å². The third-order valence-electron chi connectivity index (χ3n) is 4.00. The maximum Gasteiger partial charge on any atom is 0.244 e. The zero-order valence-electron chi connectivity index (χ0n) is 11.0. The average molecular weight is 261 g/mol. The predicted octanol–water partition coefficient (Wildman–Crippen LogP) is 1.09. The summed E-state index contributed by atoms with van der Waals surface area (Å²) < 4.78 is 1.75. The number of rotatable bonds is 3. The Bertz CT molecular complexity index is 515. The van der Waals surface area contributed by atoms with Crippen LogP contribution in [0.1, 0.15) is 37.3 Å². The van der Waals surface area contributed by atoms with Crippen LogP contribution in [0.25, 0.3) is 0 Å². The first kappa shape index (κ1) is 12.4. The van der Waals surface area contributed by atoms with Crippen molar-refractivity contribution < 1.29 is 9.90 Å². The summed E-state index contributed by atoms with van der Waals surface area (Å²) in [6, 6.07) is -0.170. The number of allylic oxidation sites excluding steroid dienone is 1. The Kier molecular flexibility index (Phi) is 3.14. The molecule has 0 aliphatic heterocycles. The summed E-state index contributed by atoms with van der Waals surface area (Å²) in [6.07, 6.45) is 8.82. The van der Waals surface area contributed by atoms with Gasteiger partial charge < -0.3 is 10.4 Å². The van der Waals surface area contributed by atoms with Crippen molar-refractivity contribution in [3.8, 4) is 0 Å². The number of aryl methyl sites for hydroxylation is 1. The lowest BCUT2D eigenvalue weighted by Gasteiger charge is -2.41. The summed E-state index contributed by atoms with van der Waals surface area (Å²) in [7, 11) is 0. The van der Waals surface area contributed by atoms with E-state index in [1.54, 1.807) is 17.0 Å². The normalized spacial score (nSPS) is 29.4. The van der Waals surface area contributed by atoms with E-state index >= 15 is 0 Å². The van der Waals surface area contributed by atoms with Crippen molar-refractivity contribution in [2.75, 3.05) is 0 Å². The zero-order valence-corrected chi connectivity index (χ0v) is 11.0. The number of aliphatic hydroxyl groups excluding tert-OH is 1. The van der Waals surface area contributed by atoms with Gasteiger partial charge in [-0.3, -0.25) is 9.48 Å². The van der Waals surface area contributed by atoms with Gasteiger partial charge >= 0.3 is 0 Å². The molecule has 2 saturated carbocycles. The molecule has 2 aliphatic carbocycles. The molecule has 0 unspecified atom stereocenters.